The number of piperazine rings is 1. The van der Waals surface area contributed by atoms with Gasteiger partial charge in [-0.3, -0.25) is 9.69 Å². The maximum Gasteiger partial charge on any atom is 0.255 e. The third kappa shape index (κ3) is 4.86. The molecule has 5 heteroatoms. The second kappa shape index (κ2) is 9.09. The first-order chi connectivity index (χ1) is 14.6. The second-order valence-electron chi connectivity index (χ2n) is 7.74. The first-order valence-electron chi connectivity index (χ1n) is 10.3. The molecule has 1 aliphatic rings. The van der Waals surface area contributed by atoms with E-state index in [0.717, 1.165) is 44.0 Å². The molecule has 4 rings (SSSR count). The van der Waals surface area contributed by atoms with Crippen molar-refractivity contribution >= 4 is 17.3 Å². The van der Waals surface area contributed by atoms with Crippen LogP contribution < -0.4 is 10.2 Å². The quantitative estimate of drug-likeness (QED) is 0.670. The van der Waals surface area contributed by atoms with Crippen molar-refractivity contribution < 1.29 is 9.18 Å². The zero-order chi connectivity index (χ0) is 20.9. The van der Waals surface area contributed by atoms with Gasteiger partial charge in [-0.25, -0.2) is 4.39 Å². The van der Waals surface area contributed by atoms with Crippen molar-refractivity contribution in [3.63, 3.8) is 0 Å². The van der Waals surface area contributed by atoms with Gasteiger partial charge in [0.15, 0.2) is 0 Å². The van der Waals surface area contributed by atoms with Gasteiger partial charge in [-0.15, -0.1) is 0 Å². The van der Waals surface area contributed by atoms with Gasteiger partial charge in [0.05, 0.1) is 5.69 Å². The Morgan fingerprint density at radius 3 is 2.37 bits per heavy atom. The van der Waals surface area contributed by atoms with Gasteiger partial charge < -0.3 is 10.2 Å². The summed E-state index contributed by atoms with van der Waals surface area (Å²) in [5, 5.41) is 2.94. The van der Waals surface area contributed by atoms with E-state index < -0.39 is 0 Å². The molecule has 0 unspecified atom stereocenters. The number of nitrogens with zero attached hydrogens (tertiary/aromatic N) is 2. The molecule has 30 heavy (non-hydrogen) atoms. The highest BCUT2D eigenvalue weighted by molar-refractivity contribution is 6.04. The van der Waals surface area contributed by atoms with Crippen LogP contribution in [0.2, 0.25) is 0 Å². The van der Waals surface area contributed by atoms with Crippen LogP contribution in [0.25, 0.3) is 0 Å². The molecular formula is C25H26FN3O. The number of amides is 1. The lowest BCUT2D eigenvalue weighted by molar-refractivity contribution is 0.102. The van der Waals surface area contributed by atoms with Crippen LogP contribution in [0.15, 0.2) is 72.8 Å². The third-order valence-corrected chi connectivity index (χ3v) is 5.46. The van der Waals surface area contributed by atoms with Gasteiger partial charge in [-0.2, -0.15) is 0 Å². The molecule has 0 atom stereocenters. The van der Waals surface area contributed by atoms with Crippen molar-refractivity contribution in [1.82, 2.24) is 4.90 Å². The predicted molar refractivity (Wildman–Crippen MR) is 119 cm³/mol. The summed E-state index contributed by atoms with van der Waals surface area (Å²) in [6, 6.07) is 22.5. The molecule has 0 radical (unpaired) electrons. The van der Waals surface area contributed by atoms with Crippen LogP contribution in [0.4, 0.5) is 15.8 Å². The number of carbonyl (C=O) groups excluding carboxylic acids is 1. The average molecular weight is 404 g/mol. The molecule has 1 saturated heterocycles. The first-order valence-corrected chi connectivity index (χ1v) is 10.3. The van der Waals surface area contributed by atoms with E-state index in [1.54, 1.807) is 6.07 Å². The number of aryl methyl sites for hydroxylation is 1. The number of hydrogen-bond donors (Lipinski definition) is 1. The monoisotopic (exact) mass is 403 g/mol. The summed E-state index contributed by atoms with van der Waals surface area (Å²) in [6.07, 6.45) is 0. The molecule has 3 aromatic rings. The minimum atomic E-state index is -0.162. The summed E-state index contributed by atoms with van der Waals surface area (Å²) in [5.74, 6) is -0.267. The second-order valence-corrected chi connectivity index (χ2v) is 7.74. The number of para-hydroxylation sites is 1. The fourth-order valence-corrected chi connectivity index (χ4v) is 3.80. The van der Waals surface area contributed by atoms with E-state index >= 15 is 0 Å². The highest BCUT2D eigenvalue weighted by Gasteiger charge is 2.19. The molecule has 0 aliphatic carbocycles. The van der Waals surface area contributed by atoms with Crippen LogP contribution in [0.5, 0.6) is 0 Å². The maximum absolute atomic E-state index is 14.0. The minimum Gasteiger partial charge on any atom is -0.367 e. The van der Waals surface area contributed by atoms with Crippen LogP contribution in [-0.2, 0) is 6.54 Å². The molecule has 3 aromatic carbocycles. The fourth-order valence-electron chi connectivity index (χ4n) is 3.80. The van der Waals surface area contributed by atoms with Crippen molar-refractivity contribution in [2.24, 2.45) is 0 Å². The Balaban J connectivity index is 1.31. The van der Waals surface area contributed by atoms with E-state index in [2.05, 4.69) is 15.1 Å². The average Bonchev–Trinajstić information content (AvgIpc) is 2.75. The zero-order valence-electron chi connectivity index (χ0n) is 17.1. The SMILES string of the molecule is Cc1cccc(NC(=O)c2ccc(CN3CCN(c4ccccc4F)CC3)cc2)c1. The number of nitrogens with one attached hydrogen (secondary N) is 1. The van der Waals surface area contributed by atoms with Crippen molar-refractivity contribution in [1.29, 1.82) is 0 Å². The van der Waals surface area contributed by atoms with E-state index in [4.69, 9.17) is 0 Å². The summed E-state index contributed by atoms with van der Waals surface area (Å²) < 4.78 is 14.0. The van der Waals surface area contributed by atoms with Crippen molar-refractivity contribution in [3.05, 3.63) is 95.3 Å². The molecule has 1 amide bonds. The third-order valence-electron chi connectivity index (χ3n) is 5.46. The summed E-state index contributed by atoms with van der Waals surface area (Å²) in [7, 11) is 0. The Bertz CT molecular complexity index is 1010. The van der Waals surface area contributed by atoms with E-state index in [1.807, 2.05) is 67.6 Å². The van der Waals surface area contributed by atoms with Crippen LogP contribution in [0.1, 0.15) is 21.5 Å². The standard InChI is InChI=1S/C25H26FN3O/c1-19-5-4-6-22(17-19)27-25(30)21-11-9-20(10-12-21)18-28-13-15-29(16-14-28)24-8-3-2-7-23(24)26/h2-12,17H,13-16,18H2,1H3,(H,27,30). The van der Waals surface area contributed by atoms with E-state index in [-0.39, 0.29) is 11.7 Å². The van der Waals surface area contributed by atoms with Crippen molar-refractivity contribution in [2.45, 2.75) is 13.5 Å². The van der Waals surface area contributed by atoms with Gasteiger partial charge in [0.1, 0.15) is 5.82 Å². The van der Waals surface area contributed by atoms with Crippen molar-refractivity contribution in [3.8, 4) is 0 Å². The molecule has 1 N–H and O–H groups in total. The largest absolute Gasteiger partial charge is 0.367 e. The highest BCUT2D eigenvalue weighted by Crippen LogP contribution is 2.21. The molecule has 1 heterocycles. The lowest BCUT2D eigenvalue weighted by Gasteiger charge is -2.36. The number of hydrogen-bond acceptors (Lipinski definition) is 3. The molecule has 0 saturated carbocycles. The Kier molecular flexibility index (Phi) is 6.10. The van der Waals surface area contributed by atoms with Crippen LogP contribution >= 0.6 is 0 Å². The molecule has 154 valence electrons. The molecule has 1 aliphatic heterocycles. The molecule has 0 aromatic heterocycles. The fraction of sp³-hybridized carbons (Fsp3) is 0.240. The highest BCUT2D eigenvalue weighted by atomic mass is 19.1. The van der Waals surface area contributed by atoms with Gasteiger partial charge in [0, 0.05) is 44.0 Å². The number of benzene rings is 3. The van der Waals surface area contributed by atoms with E-state index in [9.17, 15) is 9.18 Å². The lowest BCUT2D eigenvalue weighted by atomic mass is 10.1. The Labute approximate surface area is 176 Å². The number of rotatable bonds is 5. The predicted octanol–water partition coefficient (Wildman–Crippen LogP) is 4.71. The van der Waals surface area contributed by atoms with E-state index in [1.165, 1.54) is 11.6 Å². The maximum atomic E-state index is 14.0. The molecule has 0 bridgehead atoms. The summed E-state index contributed by atoms with van der Waals surface area (Å²) in [5.41, 5.74) is 4.40. The van der Waals surface area contributed by atoms with Gasteiger partial charge in [0.25, 0.3) is 5.91 Å². The normalized spacial score (nSPS) is 14.5. The number of carbonyl (C=O) groups is 1. The zero-order valence-corrected chi connectivity index (χ0v) is 17.1. The van der Waals surface area contributed by atoms with Gasteiger partial charge in [-0.05, 0) is 54.4 Å². The van der Waals surface area contributed by atoms with E-state index in [0.29, 0.717) is 11.3 Å². The topological polar surface area (TPSA) is 35.6 Å². The molecular weight excluding hydrogens is 377 g/mol. The Morgan fingerprint density at radius 1 is 0.933 bits per heavy atom. The summed E-state index contributed by atoms with van der Waals surface area (Å²) >= 11 is 0. The Morgan fingerprint density at radius 2 is 1.67 bits per heavy atom. The van der Waals surface area contributed by atoms with Crippen LogP contribution in [0.3, 0.4) is 0 Å². The number of anilines is 2. The lowest BCUT2D eigenvalue weighted by Crippen LogP contribution is -2.46. The summed E-state index contributed by atoms with van der Waals surface area (Å²) in [4.78, 5) is 16.9. The van der Waals surface area contributed by atoms with Gasteiger partial charge >= 0.3 is 0 Å². The summed E-state index contributed by atoms with van der Waals surface area (Å²) in [6.45, 7) is 6.19. The first kappa shape index (κ1) is 20.1. The number of halogens is 1. The minimum absolute atomic E-state index is 0.106. The molecule has 1 fully saturated rings. The van der Waals surface area contributed by atoms with Gasteiger partial charge in [-0.1, -0.05) is 36.4 Å². The Hall–Kier alpha value is -3.18. The van der Waals surface area contributed by atoms with Gasteiger partial charge in [0.2, 0.25) is 0 Å². The molecule has 0 spiro atoms. The van der Waals surface area contributed by atoms with Crippen molar-refractivity contribution in [2.75, 3.05) is 36.4 Å². The molecule has 4 nitrogen and oxygen atoms in total. The van der Waals surface area contributed by atoms with Crippen LogP contribution in [0, 0.1) is 12.7 Å². The smallest absolute Gasteiger partial charge is 0.255 e. The van der Waals surface area contributed by atoms with Crippen LogP contribution in [-0.4, -0.2) is 37.0 Å².